The molecule has 0 aliphatic rings. The van der Waals surface area contributed by atoms with Crippen molar-refractivity contribution < 1.29 is 5.11 Å². The van der Waals surface area contributed by atoms with Crippen LogP contribution < -0.4 is 0 Å². The van der Waals surface area contributed by atoms with E-state index < -0.39 is 0 Å². The third-order valence-corrected chi connectivity index (χ3v) is 4.17. The lowest BCUT2D eigenvalue weighted by molar-refractivity contribution is 0.282. The summed E-state index contributed by atoms with van der Waals surface area (Å²) in [6.07, 6.45) is 26.2. The number of hydrogen-bond acceptors (Lipinski definition) is 1. The largest absolute Gasteiger partial charge is 0.396 e. The lowest BCUT2D eigenvalue weighted by Gasteiger charge is -2.00. The maximum Gasteiger partial charge on any atom is 0.0431 e. The maximum atomic E-state index is 8.68. The summed E-state index contributed by atoms with van der Waals surface area (Å²) in [5.41, 5.74) is 0. The van der Waals surface area contributed by atoms with Crippen LogP contribution in [0.3, 0.4) is 0 Å². The molecule has 0 rings (SSSR count). The summed E-state index contributed by atoms with van der Waals surface area (Å²) in [6, 6.07) is 0. The van der Waals surface area contributed by atoms with Crippen molar-refractivity contribution in [1.82, 2.24) is 0 Å². The first kappa shape index (κ1) is 20.7. The molecule has 0 saturated heterocycles. The van der Waals surface area contributed by atoms with E-state index in [1.54, 1.807) is 0 Å². The van der Waals surface area contributed by atoms with Crippen LogP contribution in [0.25, 0.3) is 0 Å². The molecule has 0 saturated carbocycles. The maximum absolute atomic E-state index is 8.68. The van der Waals surface area contributed by atoms with Crippen molar-refractivity contribution in [3.63, 3.8) is 0 Å². The van der Waals surface area contributed by atoms with Crippen LogP contribution >= 0.6 is 0 Å². The van der Waals surface area contributed by atoms with Gasteiger partial charge < -0.3 is 5.11 Å². The zero-order valence-corrected chi connectivity index (χ0v) is 14.6. The molecule has 0 unspecified atom stereocenters. The predicted molar refractivity (Wildman–Crippen MR) is 95.8 cm³/mol. The van der Waals surface area contributed by atoms with E-state index in [1.165, 1.54) is 96.3 Å². The summed E-state index contributed by atoms with van der Waals surface area (Å²) in [7, 11) is 0. The minimum Gasteiger partial charge on any atom is -0.396 e. The van der Waals surface area contributed by atoms with E-state index >= 15 is 0 Å². The van der Waals surface area contributed by atoms with Gasteiger partial charge in [-0.15, -0.1) is 0 Å². The average Bonchev–Trinajstić information content (AvgIpc) is 2.50. The molecule has 0 bridgehead atoms. The Morgan fingerprint density at radius 2 is 0.905 bits per heavy atom. The topological polar surface area (TPSA) is 20.2 Å². The number of hydrogen-bond donors (Lipinski definition) is 1. The van der Waals surface area contributed by atoms with Crippen molar-refractivity contribution in [1.29, 1.82) is 0 Å². The second-order valence-corrected chi connectivity index (χ2v) is 6.37. The number of unbranched alkanes of at least 4 members (excludes halogenated alkanes) is 14. The van der Waals surface area contributed by atoms with Crippen molar-refractivity contribution in [2.45, 2.75) is 110 Å². The Labute approximate surface area is 134 Å². The van der Waals surface area contributed by atoms with Gasteiger partial charge >= 0.3 is 0 Å². The number of rotatable bonds is 17. The highest BCUT2D eigenvalue weighted by Crippen LogP contribution is 2.10. The summed E-state index contributed by atoms with van der Waals surface area (Å²) in [5.74, 6) is 0. The molecule has 1 N–H and O–H groups in total. The van der Waals surface area contributed by atoms with Gasteiger partial charge in [-0.2, -0.15) is 0 Å². The molecule has 0 aromatic carbocycles. The van der Waals surface area contributed by atoms with Crippen LogP contribution in [-0.2, 0) is 0 Å². The summed E-state index contributed by atoms with van der Waals surface area (Å²) in [4.78, 5) is 0. The van der Waals surface area contributed by atoms with E-state index in [0.29, 0.717) is 6.61 Å². The van der Waals surface area contributed by atoms with Crippen LogP contribution in [0.4, 0.5) is 0 Å². The number of aliphatic hydroxyl groups excluding tert-OH is 1. The summed E-state index contributed by atoms with van der Waals surface area (Å²) >= 11 is 0. The molecule has 126 valence electrons. The first-order valence-electron chi connectivity index (χ1n) is 9.67. The van der Waals surface area contributed by atoms with Crippen LogP contribution in [0.15, 0.2) is 12.2 Å². The number of aliphatic hydroxyl groups is 1. The third-order valence-electron chi connectivity index (χ3n) is 4.17. The van der Waals surface area contributed by atoms with Crippen LogP contribution in [0.1, 0.15) is 110 Å². The molecule has 1 heteroatoms. The molecule has 0 amide bonds. The normalized spacial score (nSPS) is 11.5. The summed E-state index contributed by atoms with van der Waals surface area (Å²) < 4.78 is 0. The Morgan fingerprint density at radius 3 is 1.33 bits per heavy atom. The minimum absolute atomic E-state index is 0.363. The molecule has 0 radical (unpaired) electrons. The number of allylic oxidation sites excluding steroid dienone is 2. The Morgan fingerprint density at radius 1 is 0.524 bits per heavy atom. The van der Waals surface area contributed by atoms with Crippen LogP contribution in [0.2, 0.25) is 0 Å². The zero-order valence-electron chi connectivity index (χ0n) is 14.6. The van der Waals surface area contributed by atoms with Gasteiger partial charge in [0.15, 0.2) is 0 Å². The SMILES string of the molecule is CCCCCCCCCC/C=C\CCCCCCCCO. The first-order valence-corrected chi connectivity index (χ1v) is 9.67. The third kappa shape index (κ3) is 19.7. The van der Waals surface area contributed by atoms with Gasteiger partial charge in [-0.05, 0) is 32.1 Å². The standard InChI is InChI=1S/C20H40O/c1-2-3-4-5-6-7-8-9-10-11-12-13-14-15-16-17-18-19-20-21/h11-12,21H,2-10,13-20H2,1H3/b12-11-. The molecule has 0 aromatic rings. The van der Waals surface area contributed by atoms with Gasteiger partial charge in [0.1, 0.15) is 0 Å². The monoisotopic (exact) mass is 296 g/mol. The molecular formula is C20H40O. The predicted octanol–water partition coefficient (Wildman–Crippen LogP) is 6.80. The highest BCUT2D eigenvalue weighted by Gasteiger charge is 1.91. The van der Waals surface area contributed by atoms with Crippen molar-refractivity contribution in [2.24, 2.45) is 0 Å². The first-order chi connectivity index (χ1) is 10.4. The summed E-state index contributed by atoms with van der Waals surface area (Å²) in [6.45, 7) is 2.64. The quantitative estimate of drug-likeness (QED) is 0.231. The Hall–Kier alpha value is -0.300. The van der Waals surface area contributed by atoms with Crippen molar-refractivity contribution in [3.05, 3.63) is 12.2 Å². The highest BCUT2D eigenvalue weighted by atomic mass is 16.2. The lowest BCUT2D eigenvalue weighted by atomic mass is 10.1. The molecule has 0 atom stereocenters. The average molecular weight is 297 g/mol. The molecule has 0 aromatic heterocycles. The van der Waals surface area contributed by atoms with Gasteiger partial charge in [-0.25, -0.2) is 0 Å². The smallest absolute Gasteiger partial charge is 0.0431 e. The van der Waals surface area contributed by atoms with Gasteiger partial charge in [0, 0.05) is 6.61 Å². The van der Waals surface area contributed by atoms with Crippen molar-refractivity contribution in [2.75, 3.05) is 6.61 Å². The lowest BCUT2D eigenvalue weighted by Crippen LogP contribution is -1.83. The van der Waals surface area contributed by atoms with Gasteiger partial charge in [0.25, 0.3) is 0 Å². The van der Waals surface area contributed by atoms with Gasteiger partial charge in [-0.1, -0.05) is 89.7 Å². The van der Waals surface area contributed by atoms with Gasteiger partial charge in [0.05, 0.1) is 0 Å². The van der Waals surface area contributed by atoms with E-state index in [-0.39, 0.29) is 0 Å². The molecule has 0 aliphatic carbocycles. The molecule has 21 heavy (non-hydrogen) atoms. The van der Waals surface area contributed by atoms with Crippen LogP contribution in [-0.4, -0.2) is 11.7 Å². The van der Waals surface area contributed by atoms with Crippen LogP contribution in [0, 0.1) is 0 Å². The molecule has 0 heterocycles. The second-order valence-electron chi connectivity index (χ2n) is 6.37. The molecule has 0 spiro atoms. The van der Waals surface area contributed by atoms with E-state index in [0.717, 1.165) is 6.42 Å². The molecule has 0 fully saturated rings. The second kappa shape index (κ2) is 19.7. The fourth-order valence-electron chi connectivity index (χ4n) is 2.71. The Bertz CT molecular complexity index is 198. The van der Waals surface area contributed by atoms with Gasteiger partial charge in [-0.3, -0.25) is 0 Å². The van der Waals surface area contributed by atoms with Gasteiger partial charge in [0.2, 0.25) is 0 Å². The minimum atomic E-state index is 0.363. The van der Waals surface area contributed by atoms with Crippen molar-refractivity contribution >= 4 is 0 Å². The van der Waals surface area contributed by atoms with E-state index in [2.05, 4.69) is 19.1 Å². The van der Waals surface area contributed by atoms with Crippen LogP contribution in [0.5, 0.6) is 0 Å². The van der Waals surface area contributed by atoms with E-state index in [1.807, 2.05) is 0 Å². The van der Waals surface area contributed by atoms with E-state index in [4.69, 9.17) is 5.11 Å². The highest BCUT2D eigenvalue weighted by molar-refractivity contribution is 4.81. The zero-order chi connectivity index (χ0) is 15.4. The molecule has 0 aliphatic heterocycles. The van der Waals surface area contributed by atoms with E-state index in [9.17, 15) is 0 Å². The fraction of sp³-hybridized carbons (Fsp3) is 0.900. The Kier molecular flexibility index (Phi) is 19.4. The fourth-order valence-corrected chi connectivity index (χ4v) is 2.71. The molecule has 1 nitrogen and oxygen atoms in total. The molecular weight excluding hydrogens is 256 g/mol. The summed E-state index contributed by atoms with van der Waals surface area (Å²) in [5, 5.41) is 8.68. The van der Waals surface area contributed by atoms with Crippen molar-refractivity contribution in [3.8, 4) is 0 Å². The Balaban J connectivity index is 3.02.